The number of allylic oxidation sites excluding steroid dienone is 1. The summed E-state index contributed by atoms with van der Waals surface area (Å²) in [5.74, 6) is -59.5. The van der Waals surface area contributed by atoms with Gasteiger partial charge in [0.05, 0.1) is 18.9 Å². The maximum atomic E-state index is 15.0. The smallest absolute Gasteiger partial charge is 0.460 e. The van der Waals surface area contributed by atoms with Crippen LogP contribution < -0.4 is 10.1 Å². The number of rotatable bonds is 25. The first-order chi connectivity index (χ1) is 30.8. The van der Waals surface area contributed by atoms with Gasteiger partial charge < -0.3 is 18.6 Å². The van der Waals surface area contributed by atoms with Gasteiger partial charge in [0.25, 0.3) is 0 Å². The largest absolute Gasteiger partial charge is 0.491 e. The van der Waals surface area contributed by atoms with E-state index in [-0.39, 0.29) is 18.8 Å². The normalized spacial score (nSPS) is 14.6. The van der Waals surface area contributed by atoms with Gasteiger partial charge in [0.2, 0.25) is 0 Å². The van der Waals surface area contributed by atoms with Crippen LogP contribution in [-0.2, 0) is 18.7 Å². The molecule has 0 spiro atoms. The number of halogens is 19. The molecule has 0 unspecified atom stereocenters. The van der Waals surface area contributed by atoms with E-state index in [1.807, 2.05) is 0 Å². The molecule has 7 nitrogen and oxygen atoms in total. The standard InChI is InChI=1S/C41H46F19NO6Si/c1-7-64-32(62)25(6)10-8-9-11-31(67-33(63)61-30-17-14-27(42)22-29(30)43)26-12-15-28(16-13-26)65-19-20-66-68(23(2)3,24(4)5)21-18-34(44,45)35(46,47)36(48,49)37(50,51)38(52,53)39(54,55)40(56,57)41(58,59)60/h10,12-17,22-24,31H,7-9,11,18-21H2,1-6H3,(H,61,63)/b25-10+/t31-/m1/s1. The Bertz CT molecular complexity index is 2020. The highest BCUT2D eigenvalue weighted by molar-refractivity contribution is 6.76. The van der Waals surface area contributed by atoms with Crippen molar-refractivity contribution in [3.05, 3.63) is 71.3 Å². The third-order valence-electron chi connectivity index (χ3n) is 10.7. The van der Waals surface area contributed by atoms with Gasteiger partial charge in [0.1, 0.15) is 30.1 Å². The molecule has 0 saturated carbocycles. The monoisotopic (exact) mass is 1040 g/mol. The highest BCUT2D eigenvalue weighted by Crippen LogP contribution is 2.64. The molecular formula is C41H46F19NO6Si. The Morgan fingerprint density at radius 3 is 1.71 bits per heavy atom. The minimum absolute atomic E-state index is 0.0630. The fourth-order valence-corrected chi connectivity index (χ4v) is 11.1. The average molecular weight is 1040 g/mol. The predicted molar refractivity (Wildman–Crippen MR) is 207 cm³/mol. The summed E-state index contributed by atoms with van der Waals surface area (Å²) in [5.41, 5.74) is -1.61. The molecule has 2 aromatic carbocycles. The van der Waals surface area contributed by atoms with Crippen LogP contribution in [0.1, 0.15) is 78.9 Å². The second-order valence-electron chi connectivity index (χ2n) is 15.9. The molecule has 27 heteroatoms. The van der Waals surface area contributed by atoms with Crippen LogP contribution >= 0.6 is 0 Å². The van der Waals surface area contributed by atoms with E-state index in [0.717, 1.165) is 12.1 Å². The minimum atomic E-state index is -8.72. The van der Waals surface area contributed by atoms with Gasteiger partial charge in [-0.25, -0.2) is 18.4 Å². The van der Waals surface area contributed by atoms with Crippen LogP contribution in [0.15, 0.2) is 54.1 Å². The maximum absolute atomic E-state index is 15.0. The number of carbonyl (C=O) groups excluding carboxylic acids is 2. The van der Waals surface area contributed by atoms with Crippen molar-refractivity contribution in [3.63, 3.8) is 0 Å². The lowest BCUT2D eigenvalue weighted by atomic mass is 9.88. The summed E-state index contributed by atoms with van der Waals surface area (Å²) >= 11 is 0. The quantitative estimate of drug-likeness (QED) is 0.0351. The Morgan fingerprint density at radius 2 is 1.22 bits per heavy atom. The van der Waals surface area contributed by atoms with E-state index >= 15 is 8.78 Å². The summed E-state index contributed by atoms with van der Waals surface area (Å²) in [6.45, 7) is 7.40. The molecule has 2 aromatic rings. The predicted octanol–water partition coefficient (Wildman–Crippen LogP) is 14.5. The molecule has 0 aliphatic carbocycles. The average Bonchev–Trinajstić information content (AvgIpc) is 3.21. The Balaban J connectivity index is 2.28. The Hall–Kier alpha value is -4.43. The number of anilines is 1. The van der Waals surface area contributed by atoms with Crippen molar-refractivity contribution in [3.8, 4) is 5.75 Å². The molecule has 1 atom stereocenters. The van der Waals surface area contributed by atoms with Crippen LogP contribution in [0.25, 0.3) is 0 Å². The number of benzene rings is 2. The molecule has 2 rings (SSSR count). The zero-order chi connectivity index (χ0) is 52.7. The first kappa shape index (κ1) is 59.7. The van der Waals surface area contributed by atoms with Crippen molar-refractivity contribution in [1.29, 1.82) is 0 Å². The zero-order valence-electron chi connectivity index (χ0n) is 36.6. The number of amides is 1. The van der Waals surface area contributed by atoms with E-state index in [9.17, 15) is 84.2 Å². The third kappa shape index (κ3) is 12.5. The van der Waals surface area contributed by atoms with E-state index < -0.39 is 128 Å². The van der Waals surface area contributed by atoms with E-state index in [4.69, 9.17) is 18.6 Å². The van der Waals surface area contributed by atoms with Gasteiger partial charge in [0.15, 0.2) is 8.32 Å². The van der Waals surface area contributed by atoms with Gasteiger partial charge in [-0.2, -0.15) is 74.6 Å². The lowest BCUT2D eigenvalue weighted by Gasteiger charge is -2.44. The van der Waals surface area contributed by atoms with Crippen molar-refractivity contribution in [2.45, 2.75) is 138 Å². The van der Waals surface area contributed by atoms with Gasteiger partial charge in [-0.15, -0.1) is 0 Å². The van der Waals surface area contributed by atoms with Crippen LogP contribution in [0.2, 0.25) is 17.1 Å². The van der Waals surface area contributed by atoms with Crippen LogP contribution in [0.4, 0.5) is 93.9 Å². The van der Waals surface area contributed by atoms with E-state index in [1.165, 1.54) is 58.9 Å². The molecule has 68 heavy (non-hydrogen) atoms. The van der Waals surface area contributed by atoms with E-state index in [0.29, 0.717) is 30.0 Å². The molecule has 0 aliphatic heterocycles. The van der Waals surface area contributed by atoms with Crippen LogP contribution in [0.3, 0.4) is 0 Å². The summed E-state index contributed by atoms with van der Waals surface area (Å²) in [7, 11) is -4.05. The number of alkyl halides is 17. The fourth-order valence-electron chi connectivity index (χ4n) is 6.63. The molecule has 0 fully saturated rings. The number of esters is 1. The minimum Gasteiger partial charge on any atom is -0.491 e. The molecular weight excluding hydrogens is 992 g/mol. The Kier molecular flexibility index (Phi) is 19.4. The molecule has 0 heterocycles. The van der Waals surface area contributed by atoms with Gasteiger partial charge in [-0.3, -0.25) is 5.32 Å². The summed E-state index contributed by atoms with van der Waals surface area (Å²) in [4.78, 5) is 24.7. The fraction of sp³-hybridized carbons (Fsp3) is 0.610. The van der Waals surface area contributed by atoms with Crippen molar-refractivity contribution >= 4 is 26.1 Å². The van der Waals surface area contributed by atoms with Crippen molar-refractivity contribution in [1.82, 2.24) is 0 Å². The van der Waals surface area contributed by atoms with Crippen LogP contribution in [-0.4, -0.2) is 87.8 Å². The van der Waals surface area contributed by atoms with Gasteiger partial charge in [-0.05, 0) is 80.1 Å². The van der Waals surface area contributed by atoms with Gasteiger partial charge >= 0.3 is 59.7 Å². The maximum Gasteiger partial charge on any atom is 0.460 e. The molecule has 0 bridgehead atoms. The molecule has 0 radical (unpaired) electrons. The van der Waals surface area contributed by atoms with Crippen LogP contribution in [0.5, 0.6) is 5.75 Å². The molecule has 388 valence electrons. The Labute approximate surface area is 377 Å². The van der Waals surface area contributed by atoms with Crippen molar-refractivity contribution in [2.24, 2.45) is 0 Å². The summed E-state index contributed by atoms with van der Waals surface area (Å²) in [6.07, 6.45) is -10.3. The number of unbranched alkanes of at least 4 members (excludes halogenated alkanes) is 1. The van der Waals surface area contributed by atoms with Gasteiger partial charge in [-0.1, -0.05) is 45.9 Å². The number of nitrogens with one attached hydrogen (secondary N) is 1. The highest BCUT2D eigenvalue weighted by atomic mass is 28.4. The lowest BCUT2D eigenvalue weighted by molar-refractivity contribution is -0.461. The van der Waals surface area contributed by atoms with Crippen LogP contribution in [0, 0.1) is 11.6 Å². The first-order valence-corrected chi connectivity index (χ1v) is 22.4. The molecule has 0 aliphatic rings. The lowest BCUT2D eigenvalue weighted by Crippen LogP contribution is -2.74. The number of hydrogen-bond acceptors (Lipinski definition) is 6. The summed E-state index contributed by atoms with van der Waals surface area (Å²) < 4.78 is 285. The molecule has 0 aromatic heterocycles. The highest BCUT2D eigenvalue weighted by Gasteiger charge is 2.95. The van der Waals surface area contributed by atoms with Crippen molar-refractivity contribution in [2.75, 3.05) is 25.1 Å². The zero-order valence-corrected chi connectivity index (χ0v) is 37.6. The number of ether oxygens (including phenoxy) is 3. The summed E-state index contributed by atoms with van der Waals surface area (Å²) in [5, 5.41) is 2.14. The summed E-state index contributed by atoms with van der Waals surface area (Å²) in [6, 6.07) is 6.47. The van der Waals surface area contributed by atoms with E-state index in [1.54, 1.807) is 13.0 Å². The molecule has 1 amide bonds. The number of hydrogen-bond donors (Lipinski definition) is 1. The molecule has 0 saturated heterocycles. The Morgan fingerprint density at radius 1 is 0.706 bits per heavy atom. The number of carbonyl (C=O) groups is 2. The van der Waals surface area contributed by atoms with Crippen molar-refractivity contribution < 1.29 is 112 Å². The second kappa shape index (κ2) is 22.1. The topological polar surface area (TPSA) is 83.1 Å². The SMILES string of the molecule is CCOC(=O)/C(C)=C/CCC[C@@H](OC(=O)Nc1ccc(F)cc1F)c1ccc(OCCO[Si](CCC(F)(F)C(F)(F)C(F)(F)C(F)(F)C(F)(F)C(F)(F)C(F)(F)C(F)(F)F)(C(C)C)C(C)C)cc1. The third-order valence-corrected chi connectivity index (χ3v) is 16.4. The first-order valence-electron chi connectivity index (χ1n) is 20.2. The molecule has 1 N–H and O–H groups in total. The second-order valence-corrected chi connectivity index (χ2v) is 20.9. The van der Waals surface area contributed by atoms with E-state index in [2.05, 4.69) is 5.32 Å². The van der Waals surface area contributed by atoms with Gasteiger partial charge in [0, 0.05) is 18.1 Å².